The molecule has 2 aromatic rings. The maximum absolute atomic E-state index is 12.0. The molecule has 1 aromatic heterocycles. The lowest BCUT2D eigenvalue weighted by Gasteiger charge is -2.08. The molecule has 0 aliphatic carbocycles. The van der Waals surface area contributed by atoms with Gasteiger partial charge in [0.1, 0.15) is 0 Å². The molecule has 1 aromatic carbocycles. The zero-order valence-corrected chi connectivity index (χ0v) is 14.7. The topological polar surface area (TPSA) is 72.2 Å². The van der Waals surface area contributed by atoms with Crippen molar-refractivity contribution in [1.29, 1.82) is 0 Å². The Morgan fingerprint density at radius 3 is 2.70 bits per heavy atom. The summed E-state index contributed by atoms with van der Waals surface area (Å²) in [4.78, 5) is 22.5. The molecule has 0 atom stereocenters. The first-order chi connectivity index (χ1) is 9.38. The van der Waals surface area contributed by atoms with Gasteiger partial charge in [0.2, 0.25) is 0 Å². The number of hydrogen-bond donors (Lipinski definition) is 1. The first-order valence-corrected chi connectivity index (χ1v) is 8.13. The van der Waals surface area contributed by atoms with E-state index < -0.39 is 4.92 Å². The highest BCUT2D eigenvalue weighted by atomic mass is 127. The molecule has 0 unspecified atom stereocenters. The fraction of sp³-hybridized carbons (Fsp3) is 0.0833. The van der Waals surface area contributed by atoms with Crippen molar-refractivity contribution in [3.63, 3.8) is 0 Å². The Balaban J connectivity index is 2.31. The maximum atomic E-state index is 12.0. The standard InChI is InChI=1S/C12H8BrIN2O3S/c1-6-2-8(13)9(4-10(6)16(18)19)15-12(17)7-3-11(14)20-5-7/h2-5H,1H3,(H,15,17). The third-order valence-electron chi connectivity index (χ3n) is 2.56. The predicted molar refractivity (Wildman–Crippen MR) is 90.5 cm³/mol. The summed E-state index contributed by atoms with van der Waals surface area (Å²) in [5.74, 6) is -0.289. The van der Waals surface area contributed by atoms with Gasteiger partial charge in [-0.1, -0.05) is 0 Å². The van der Waals surface area contributed by atoms with Crippen LogP contribution in [-0.4, -0.2) is 10.8 Å². The second-order valence-electron chi connectivity index (χ2n) is 3.97. The number of rotatable bonds is 3. The smallest absolute Gasteiger partial charge is 0.274 e. The highest BCUT2D eigenvalue weighted by Crippen LogP contribution is 2.31. The van der Waals surface area contributed by atoms with E-state index in [1.165, 1.54) is 17.4 Å². The van der Waals surface area contributed by atoms with E-state index in [1.807, 2.05) is 0 Å². The summed E-state index contributed by atoms with van der Waals surface area (Å²) < 4.78 is 1.61. The third-order valence-corrected chi connectivity index (χ3v) is 5.01. The minimum atomic E-state index is -0.467. The van der Waals surface area contributed by atoms with Gasteiger partial charge in [-0.3, -0.25) is 14.9 Å². The molecule has 0 aliphatic rings. The Bertz CT molecular complexity index is 702. The van der Waals surface area contributed by atoms with Crippen molar-refractivity contribution in [3.05, 3.63) is 52.2 Å². The summed E-state index contributed by atoms with van der Waals surface area (Å²) >= 11 is 6.89. The van der Waals surface area contributed by atoms with Gasteiger partial charge in [0.15, 0.2) is 0 Å². The molecule has 1 amide bonds. The van der Waals surface area contributed by atoms with Gasteiger partial charge in [-0.15, -0.1) is 11.3 Å². The number of nitro benzene ring substituents is 1. The Morgan fingerprint density at radius 1 is 1.45 bits per heavy atom. The minimum absolute atomic E-state index is 0.0246. The van der Waals surface area contributed by atoms with Crippen LogP contribution in [0.25, 0.3) is 0 Å². The SMILES string of the molecule is Cc1cc(Br)c(NC(=O)c2csc(I)c2)cc1[N+](=O)[O-]. The first kappa shape index (κ1) is 15.4. The maximum Gasteiger partial charge on any atom is 0.274 e. The normalized spacial score (nSPS) is 10.3. The third kappa shape index (κ3) is 3.36. The van der Waals surface area contributed by atoms with Crippen molar-refractivity contribution >= 4 is 67.1 Å². The Hall–Kier alpha value is -1.00. The van der Waals surface area contributed by atoms with E-state index in [-0.39, 0.29) is 11.6 Å². The molecule has 1 heterocycles. The number of carbonyl (C=O) groups is 1. The summed E-state index contributed by atoms with van der Waals surface area (Å²) in [6.45, 7) is 1.65. The number of thiophene rings is 1. The van der Waals surface area contributed by atoms with Crippen molar-refractivity contribution in [1.82, 2.24) is 0 Å². The number of hydrogen-bond acceptors (Lipinski definition) is 4. The summed E-state index contributed by atoms with van der Waals surface area (Å²) in [6.07, 6.45) is 0. The summed E-state index contributed by atoms with van der Waals surface area (Å²) in [5, 5.41) is 15.3. The molecule has 5 nitrogen and oxygen atoms in total. The van der Waals surface area contributed by atoms with Crippen molar-refractivity contribution < 1.29 is 9.72 Å². The van der Waals surface area contributed by atoms with Crippen molar-refractivity contribution in [3.8, 4) is 0 Å². The van der Waals surface area contributed by atoms with Crippen LogP contribution in [0.3, 0.4) is 0 Å². The average molecular weight is 467 g/mol. The molecule has 0 spiro atoms. The van der Waals surface area contributed by atoms with Crippen molar-refractivity contribution in [2.24, 2.45) is 0 Å². The molecule has 2 rings (SSSR count). The van der Waals surface area contributed by atoms with Gasteiger partial charge in [-0.05, 0) is 57.6 Å². The van der Waals surface area contributed by atoms with Gasteiger partial charge < -0.3 is 5.32 Å². The van der Waals surface area contributed by atoms with E-state index in [0.29, 0.717) is 21.3 Å². The van der Waals surface area contributed by atoms with Gasteiger partial charge in [0.05, 0.1) is 19.1 Å². The second kappa shape index (κ2) is 6.19. The monoisotopic (exact) mass is 466 g/mol. The number of halogens is 2. The number of nitro groups is 1. The van der Waals surface area contributed by atoms with Gasteiger partial charge in [0, 0.05) is 21.5 Å². The van der Waals surface area contributed by atoms with Crippen LogP contribution in [0.1, 0.15) is 15.9 Å². The van der Waals surface area contributed by atoms with Crippen molar-refractivity contribution in [2.45, 2.75) is 6.92 Å². The molecule has 0 aliphatic heterocycles. The largest absolute Gasteiger partial charge is 0.321 e. The number of anilines is 1. The van der Waals surface area contributed by atoms with Crippen LogP contribution in [0.15, 0.2) is 28.1 Å². The van der Waals surface area contributed by atoms with Gasteiger partial charge in [-0.25, -0.2) is 0 Å². The highest BCUT2D eigenvalue weighted by molar-refractivity contribution is 14.1. The molecule has 0 radical (unpaired) electrons. The zero-order valence-electron chi connectivity index (χ0n) is 10.1. The zero-order chi connectivity index (χ0) is 14.9. The lowest BCUT2D eigenvalue weighted by Crippen LogP contribution is -2.11. The summed E-state index contributed by atoms with van der Waals surface area (Å²) in [6, 6.07) is 4.73. The molecule has 0 saturated carbocycles. The number of aryl methyl sites for hydroxylation is 1. The molecule has 20 heavy (non-hydrogen) atoms. The van der Waals surface area contributed by atoms with E-state index in [9.17, 15) is 14.9 Å². The fourth-order valence-corrected chi connectivity index (χ4v) is 3.46. The molecule has 104 valence electrons. The first-order valence-electron chi connectivity index (χ1n) is 5.38. The number of benzene rings is 1. The number of amides is 1. The fourth-order valence-electron chi connectivity index (χ4n) is 1.58. The number of nitrogens with zero attached hydrogens (tertiary/aromatic N) is 1. The Morgan fingerprint density at radius 2 is 2.15 bits per heavy atom. The molecule has 0 saturated heterocycles. The van der Waals surface area contributed by atoms with Gasteiger partial charge in [-0.2, -0.15) is 0 Å². The summed E-state index contributed by atoms with van der Waals surface area (Å²) in [5.41, 5.74) is 1.43. The van der Waals surface area contributed by atoms with E-state index in [0.717, 1.165) is 2.88 Å². The van der Waals surface area contributed by atoms with Crippen LogP contribution in [0.2, 0.25) is 0 Å². The Labute approximate surface area is 140 Å². The molecule has 0 fully saturated rings. The lowest BCUT2D eigenvalue weighted by molar-refractivity contribution is -0.385. The Kier molecular flexibility index (Phi) is 4.76. The number of carbonyl (C=O) groups excluding carboxylic acids is 1. The van der Waals surface area contributed by atoms with E-state index >= 15 is 0 Å². The van der Waals surface area contributed by atoms with E-state index in [2.05, 4.69) is 43.8 Å². The van der Waals surface area contributed by atoms with Crippen LogP contribution >= 0.6 is 49.9 Å². The summed E-state index contributed by atoms with van der Waals surface area (Å²) in [7, 11) is 0. The number of nitrogens with one attached hydrogen (secondary N) is 1. The average Bonchev–Trinajstić information content (AvgIpc) is 2.79. The van der Waals surface area contributed by atoms with Crippen LogP contribution in [-0.2, 0) is 0 Å². The second-order valence-corrected chi connectivity index (χ2v) is 7.63. The van der Waals surface area contributed by atoms with Crippen LogP contribution in [0, 0.1) is 19.9 Å². The highest BCUT2D eigenvalue weighted by Gasteiger charge is 2.16. The molecular formula is C12H8BrIN2O3S. The van der Waals surface area contributed by atoms with Gasteiger partial charge >= 0.3 is 0 Å². The van der Waals surface area contributed by atoms with Crippen LogP contribution < -0.4 is 5.32 Å². The molecular weight excluding hydrogens is 459 g/mol. The van der Waals surface area contributed by atoms with E-state index in [4.69, 9.17) is 0 Å². The van der Waals surface area contributed by atoms with Crippen LogP contribution in [0.5, 0.6) is 0 Å². The minimum Gasteiger partial charge on any atom is -0.321 e. The van der Waals surface area contributed by atoms with Gasteiger partial charge in [0.25, 0.3) is 11.6 Å². The van der Waals surface area contributed by atoms with Crippen molar-refractivity contribution in [2.75, 3.05) is 5.32 Å². The molecule has 8 heteroatoms. The quantitative estimate of drug-likeness (QED) is 0.408. The lowest BCUT2D eigenvalue weighted by atomic mass is 10.2. The van der Waals surface area contributed by atoms with Crippen LogP contribution in [0.4, 0.5) is 11.4 Å². The predicted octanol–water partition coefficient (Wildman–Crippen LogP) is 4.58. The molecule has 0 bridgehead atoms. The molecule has 1 N–H and O–H groups in total. The van der Waals surface area contributed by atoms with E-state index in [1.54, 1.807) is 24.4 Å².